The summed E-state index contributed by atoms with van der Waals surface area (Å²) in [5.74, 6) is -0.0797. The molecule has 1 aliphatic heterocycles. The summed E-state index contributed by atoms with van der Waals surface area (Å²) in [6, 6.07) is 20.0. The molecule has 0 radical (unpaired) electrons. The molecule has 1 aliphatic carbocycles. The standard InChI is InChI=1S/C26H33N3O4S/c1-3-34(30,31)28-26(32-2)18-19-27-20-25(26,33-24-16-10-11-17-24)21-29(22-12-6-4-7-13-22)23-14-8-5-9-15-23/h4-9,12-15,18-20,24,28H,3,10-11,16-17,21H2,1-2H3. The SMILES string of the molecule is CCS(=O)(=O)NC1(OC)C=CN=CC1(CN(c1ccccc1)c1ccccc1)OC1CCCC1. The third-order valence-corrected chi connectivity index (χ3v) is 7.90. The molecule has 0 amide bonds. The van der Waals surface area contributed by atoms with Crippen LogP contribution in [0.5, 0.6) is 0 Å². The first kappa shape index (κ1) is 24.6. The second-order valence-corrected chi connectivity index (χ2v) is 10.7. The molecule has 2 aromatic carbocycles. The van der Waals surface area contributed by atoms with Crippen molar-refractivity contribution in [3.8, 4) is 0 Å². The minimum atomic E-state index is -3.65. The number of methoxy groups -OCH3 is 1. The van der Waals surface area contributed by atoms with Gasteiger partial charge >= 0.3 is 0 Å². The van der Waals surface area contributed by atoms with Crippen molar-refractivity contribution in [3.63, 3.8) is 0 Å². The quantitative estimate of drug-likeness (QED) is 0.507. The van der Waals surface area contributed by atoms with E-state index in [9.17, 15) is 8.42 Å². The van der Waals surface area contributed by atoms with E-state index >= 15 is 0 Å². The summed E-state index contributed by atoms with van der Waals surface area (Å²) in [6.07, 6.45) is 8.88. The van der Waals surface area contributed by atoms with Crippen LogP contribution >= 0.6 is 0 Å². The fraction of sp³-hybridized carbons (Fsp3) is 0.423. The van der Waals surface area contributed by atoms with Crippen LogP contribution in [0.15, 0.2) is 77.9 Å². The first-order valence-electron chi connectivity index (χ1n) is 11.8. The van der Waals surface area contributed by atoms with Gasteiger partial charge in [-0.2, -0.15) is 4.72 Å². The maximum Gasteiger partial charge on any atom is 0.214 e. The lowest BCUT2D eigenvalue weighted by Crippen LogP contribution is -2.71. The van der Waals surface area contributed by atoms with Crippen LogP contribution in [0, 0.1) is 0 Å². The van der Waals surface area contributed by atoms with Crippen LogP contribution in [0.3, 0.4) is 0 Å². The maximum atomic E-state index is 12.8. The van der Waals surface area contributed by atoms with Crippen molar-refractivity contribution in [3.05, 3.63) is 72.9 Å². The number of benzene rings is 2. The van der Waals surface area contributed by atoms with Gasteiger partial charge < -0.3 is 14.4 Å². The second-order valence-electron chi connectivity index (χ2n) is 8.71. The molecular formula is C26H33N3O4S. The van der Waals surface area contributed by atoms with Crippen molar-refractivity contribution in [1.82, 2.24) is 4.72 Å². The van der Waals surface area contributed by atoms with Crippen LogP contribution < -0.4 is 9.62 Å². The van der Waals surface area contributed by atoms with E-state index in [4.69, 9.17) is 9.47 Å². The summed E-state index contributed by atoms with van der Waals surface area (Å²) in [4.78, 5) is 6.56. The summed E-state index contributed by atoms with van der Waals surface area (Å²) < 4.78 is 41.3. The number of nitrogens with zero attached hydrogens (tertiary/aromatic N) is 2. The molecule has 2 atom stereocenters. The van der Waals surface area contributed by atoms with Gasteiger partial charge in [0.2, 0.25) is 10.0 Å². The number of ether oxygens (including phenoxy) is 2. The Bertz CT molecular complexity index is 1060. The van der Waals surface area contributed by atoms with Gasteiger partial charge in [0.15, 0.2) is 11.3 Å². The van der Waals surface area contributed by atoms with Crippen molar-refractivity contribution in [2.24, 2.45) is 4.99 Å². The summed E-state index contributed by atoms with van der Waals surface area (Å²) in [7, 11) is -2.14. The topological polar surface area (TPSA) is 80.2 Å². The van der Waals surface area contributed by atoms with E-state index in [1.54, 1.807) is 25.4 Å². The third-order valence-electron chi connectivity index (χ3n) is 6.52. The smallest absolute Gasteiger partial charge is 0.214 e. The molecule has 182 valence electrons. The number of sulfonamides is 1. The fourth-order valence-electron chi connectivity index (χ4n) is 4.65. The number of rotatable bonds is 10. The number of para-hydroxylation sites is 2. The normalized spacial score (nSPS) is 25.0. The van der Waals surface area contributed by atoms with Gasteiger partial charge in [0, 0.05) is 30.9 Å². The molecule has 1 saturated carbocycles. The summed E-state index contributed by atoms with van der Waals surface area (Å²) in [6.45, 7) is 1.89. The maximum absolute atomic E-state index is 12.8. The van der Waals surface area contributed by atoms with Crippen LogP contribution in [0.4, 0.5) is 11.4 Å². The average Bonchev–Trinajstić information content (AvgIpc) is 3.38. The number of anilines is 2. The first-order valence-corrected chi connectivity index (χ1v) is 13.4. The molecule has 1 heterocycles. The van der Waals surface area contributed by atoms with Crippen molar-refractivity contribution < 1.29 is 17.9 Å². The lowest BCUT2D eigenvalue weighted by Gasteiger charge is -2.49. The molecule has 1 fully saturated rings. The molecule has 2 aliphatic rings. The number of hydrogen-bond acceptors (Lipinski definition) is 6. The molecule has 4 rings (SSSR count). The zero-order valence-corrected chi connectivity index (χ0v) is 20.6. The van der Waals surface area contributed by atoms with E-state index in [2.05, 4.69) is 14.6 Å². The first-order chi connectivity index (χ1) is 16.4. The highest BCUT2D eigenvalue weighted by Gasteiger charge is 2.56. The molecule has 2 unspecified atom stereocenters. The van der Waals surface area contributed by atoms with Crippen LogP contribution in [0.2, 0.25) is 0 Å². The van der Waals surface area contributed by atoms with Gasteiger partial charge in [-0.05, 0) is 50.1 Å². The Kier molecular flexibility index (Phi) is 7.52. The molecule has 8 heteroatoms. The Balaban J connectivity index is 1.85. The number of aliphatic imine (C=N–C) groups is 1. The molecule has 0 saturated heterocycles. The number of hydrogen-bond donors (Lipinski definition) is 1. The van der Waals surface area contributed by atoms with Crippen LogP contribution in [-0.4, -0.2) is 51.5 Å². The van der Waals surface area contributed by atoms with Crippen LogP contribution in [-0.2, 0) is 19.5 Å². The zero-order chi connectivity index (χ0) is 24.1. The largest absolute Gasteiger partial charge is 0.359 e. The summed E-state index contributed by atoms with van der Waals surface area (Å²) >= 11 is 0. The minimum Gasteiger partial charge on any atom is -0.359 e. The van der Waals surface area contributed by atoms with E-state index in [0.29, 0.717) is 0 Å². The van der Waals surface area contributed by atoms with E-state index in [1.807, 2.05) is 60.7 Å². The predicted molar refractivity (Wildman–Crippen MR) is 136 cm³/mol. The predicted octanol–water partition coefficient (Wildman–Crippen LogP) is 4.40. The van der Waals surface area contributed by atoms with E-state index in [-0.39, 0.29) is 18.4 Å². The highest BCUT2D eigenvalue weighted by Crippen LogP contribution is 2.39. The summed E-state index contributed by atoms with van der Waals surface area (Å²) in [5.41, 5.74) is -0.781. The molecule has 34 heavy (non-hydrogen) atoms. The lowest BCUT2D eigenvalue weighted by molar-refractivity contribution is -0.159. The lowest BCUT2D eigenvalue weighted by atomic mass is 9.87. The van der Waals surface area contributed by atoms with Gasteiger partial charge in [-0.15, -0.1) is 0 Å². The minimum absolute atomic E-state index is 0.0213. The van der Waals surface area contributed by atoms with Crippen molar-refractivity contribution in [1.29, 1.82) is 0 Å². The molecule has 0 aromatic heterocycles. The molecule has 2 aromatic rings. The fourth-order valence-corrected chi connectivity index (χ4v) is 5.58. The van der Waals surface area contributed by atoms with Crippen LogP contribution in [0.1, 0.15) is 32.6 Å². The van der Waals surface area contributed by atoms with Crippen molar-refractivity contribution in [2.45, 2.75) is 50.0 Å². The number of nitrogens with one attached hydrogen (secondary N) is 1. The van der Waals surface area contributed by atoms with Gasteiger partial charge in [0.05, 0.1) is 18.4 Å². The summed E-state index contributed by atoms with van der Waals surface area (Å²) in [5, 5.41) is 0. The van der Waals surface area contributed by atoms with Crippen molar-refractivity contribution >= 4 is 27.6 Å². The van der Waals surface area contributed by atoms with Crippen LogP contribution in [0.25, 0.3) is 0 Å². The molecule has 0 bridgehead atoms. The Labute approximate surface area is 202 Å². The second kappa shape index (κ2) is 10.4. The Morgan fingerprint density at radius 2 is 1.62 bits per heavy atom. The molecule has 7 nitrogen and oxygen atoms in total. The highest BCUT2D eigenvalue weighted by molar-refractivity contribution is 7.89. The Hall–Kier alpha value is -2.52. The molecular weight excluding hydrogens is 450 g/mol. The molecule has 0 spiro atoms. The van der Waals surface area contributed by atoms with Gasteiger partial charge in [-0.1, -0.05) is 49.2 Å². The highest BCUT2D eigenvalue weighted by atomic mass is 32.2. The molecule has 1 N–H and O–H groups in total. The van der Waals surface area contributed by atoms with Crippen molar-refractivity contribution in [2.75, 3.05) is 24.3 Å². The monoisotopic (exact) mass is 483 g/mol. The van der Waals surface area contributed by atoms with Gasteiger partial charge in [0.1, 0.15) is 0 Å². The Morgan fingerprint density at radius 3 is 2.15 bits per heavy atom. The third kappa shape index (κ3) is 5.10. The van der Waals surface area contributed by atoms with E-state index in [0.717, 1.165) is 37.1 Å². The zero-order valence-electron chi connectivity index (χ0n) is 19.8. The van der Waals surface area contributed by atoms with E-state index in [1.165, 1.54) is 7.11 Å². The average molecular weight is 484 g/mol. The van der Waals surface area contributed by atoms with Gasteiger partial charge in [-0.25, -0.2) is 8.42 Å². The van der Waals surface area contributed by atoms with Gasteiger partial charge in [-0.3, -0.25) is 4.99 Å². The Morgan fingerprint density at radius 1 is 1.03 bits per heavy atom. The van der Waals surface area contributed by atoms with E-state index < -0.39 is 21.3 Å². The van der Waals surface area contributed by atoms with Gasteiger partial charge in [0.25, 0.3) is 0 Å².